The molecule has 9 nitrogen and oxygen atoms in total. The first kappa shape index (κ1) is 17.0. The molecular formula is C16H23N7O2. The number of imidazole rings is 2. The summed E-state index contributed by atoms with van der Waals surface area (Å²) >= 11 is 0. The Morgan fingerprint density at radius 3 is 2.80 bits per heavy atom. The lowest BCUT2D eigenvalue weighted by molar-refractivity contribution is 0.534. The fraction of sp³-hybridized carbons (Fsp3) is 0.500. The minimum atomic E-state index is -0.460. The van der Waals surface area contributed by atoms with Crippen molar-refractivity contribution < 1.29 is 0 Å². The third-order valence-electron chi connectivity index (χ3n) is 3.99. The number of aromatic nitrogens is 6. The van der Waals surface area contributed by atoms with Gasteiger partial charge in [0.1, 0.15) is 0 Å². The van der Waals surface area contributed by atoms with Gasteiger partial charge in [-0.05, 0) is 12.3 Å². The molecule has 3 aromatic rings. The molecule has 0 aliphatic carbocycles. The lowest BCUT2D eigenvalue weighted by Gasteiger charge is -2.12. The maximum absolute atomic E-state index is 12.3. The van der Waals surface area contributed by atoms with Gasteiger partial charge in [0.2, 0.25) is 5.95 Å². The van der Waals surface area contributed by atoms with Crippen LogP contribution in [0.3, 0.4) is 0 Å². The molecule has 3 rings (SSSR count). The number of anilines is 1. The maximum Gasteiger partial charge on any atom is 0.329 e. The van der Waals surface area contributed by atoms with Crippen molar-refractivity contribution in [2.45, 2.75) is 33.4 Å². The highest BCUT2D eigenvalue weighted by atomic mass is 16.2. The minimum Gasteiger partial charge on any atom is -0.356 e. The van der Waals surface area contributed by atoms with Gasteiger partial charge in [0.25, 0.3) is 5.56 Å². The predicted molar refractivity (Wildman–Crippen MR) is 95.8 cm³/mol. The second-order valence-corrected chi connectivity index (χ2v) is 6.51. The van der Waals surface area contributed by atoms with Crippen molar-refractivity contribution in [3.05, 3.63) is 39.6 Å². The molecule has 3 aromatic heterocycles. The van der Waals surface area contributed by atoms with Crippen LogP contribution in [0.1, 0.15) is 20.3 Å². The van der Waals surface area contributed by atoms with Gasteiger partial charge in [-0.1, -0.05) is 13.8 Å². The van der Waals surface area contributed by atoms with Gasteiger partial charge in [0, 0.05) is 39.1 Å². The van der Waals surface area contributed by atoms with E-state index in [-0.39, 0.29) is 0 Å². The van der Waals surface area contributed by atoms with E-state index in [4.69, 9.17) is 0 Å². The fourth-order valence-electron chi connectivity index (χ4n) is 2.79. The molecule has 3 heterocycles. The molecular weight excluding hydrogens is 322 g/mol. The molecule has 0 saturated heterocycles. The van der Waals surface area contributed by atoms with Crippen LogP contribution in [0.4, 0.5) is 5.95 Å². The number of nitrogens with one attached hydrogen (secondary N) is 2. The number of rotatable bonds is 7. The molecule has 134 valence electrons. The van der Waals surface area contributed by atoms with Gasteiger partial charge in [-0.3, -0.25) is 14.3 Å². The molecule has 0 aliphatic rings. The van der Waals surface area contributed by atoms with Crippen molar-refractivity contribution in [2.75, 3.05) is 11.9 Å². The lowest BCUT2D eigenvalue weighted by atomic mass is 10.2. The number of hydrogen-bond donors (Lipinski definition) is 2. The Kier molecular flexibility index (Phi) is 4.73. The second-order valence-electron chi connectivity index (χ2n) is 6.51. The summed E-state index contributed by atoms with van der Waals surface area (Å²) in [5.74, 6) is 0.946. The van der Waals surface area contributed by atoms with Crippen molar-refractivity contribution >= 4 is 17.1 Å². The van der Waals surface area contributed by atoms with E-state index in [2.05, 4.69) is 34.1 Å². The van der Waals surface area contributed by atoms with Gasteiger partial charge in [-0.15, -0.1) is 0 Å². The van der Waals surface area contributed by atoms with Gasteiger partial charge in [-0.2, -0.15) is 4.98 Å². The number of aryl methyl sites for hydroxylation is 2. The molecule has 0 aromatic carbocycles. The van der Waals surface area contributed by atoms with Crippen LogP contribution >= 0.6 is 0 Å². The number of H-pyrrole nitrogens is 1. The van der Waals surface area contributed by atoms with Gasteiger partial charge in [0.05, 0.1) is 6.33 Å². The topological polar surface area (TPSA) is 103 Å². The Hall–Kier alpha value is -2.84. The molecule has 0 fully saturated rings. The monoisotopic (exact) mass is 345 g/mol. The molecule has 9 heteroatoms. The molecule has 0 spiro atoms. The van der Waals surface area contributed by atoms with Crippen molar-refractivity contribution in [1.82, 2.24) is 28.7 Å². The number of hydrogen-bond acceptors (Lipinski definition) is 5. The lowest BCUT2D eigenvalue weighted by Crippen LogP contribution is -2.29. The maximum atomic E-state index is 12.3. The van der Waals surface area contributed by atoms with Crippen LogP contribution in [0, 0.1) is 5.92 Å². The SMILES string of the molecule is CC(C)Cn1c(NCCCn2ccnc2)nc2c1c(=O)[nH]c(=O)n2C. The molecule has 0 amide bonds. The Morgan fingerprint density at radius 2 is 2.12 bits per heavy atom. The zero-order chi connectivity index (χ0) is 18.0. The van der Waals surface area contributed by atoms with Crippen molar-refractivity contribution in [3.8, 4) is 0 Å². The van der Waals surface area contributed by atoms with E-state index in [1.54, 1.807) is 19.6 Å². The highest BCUT2D eigenvalue weighted by Crippen LogP contribution is 2.17. The van der Waals surface area contributed by atoms with Crippen LogP contribution in [-0.2, 0) is 20.1 Å². The Balaban J connectivity index is 1.87. The summed E-state index contributed by atoms with van der Waals surface area (Å²) in [5.41, 5.74) is -0.0458. The normalized spacial score (nSPS) is 11.5. The molecule has 0 atom stereocenters. The van der Waals surface area contributed by atoms with Crippen LogP contribution in [0.25, 0.3) is 11.2 Å². The summed E-state index contributed by atoms with van der Waals surface area (Å²) in [6.45, 7) is 6.33. The van der Waals surface area contributed by atoms with E-state index in [0.29, 0.717) is 36.1 Å². The quantitative estimate of drug-likeness (QED) is 0.616. The fourth-order valence-corrected chi connectivity index (χ4v) is 2.79. The first-order valence-electron chi connectivity index (χ1n) is 8.36. The largest absolute Gasteiger partial charge is 0.356 e. The van der Waals surface area contributed by atoms with E-state index in [9.17, 15) is 9.59 Å². The van der Waals surface area contributed by atoms with Crippen LogP contribution in [0.15, 0.2) is 28.3 Å². The highest BCUT2D eigenvalue weighted by molar-refractivity contribution is 5.74. The van der Waals surface area contributed by atoms with Crippen LogP contribution in [-0.4, -0.2) is 35.2 Å². The van der Waals surface area contributed by atoms with Crippen molar-refractivity contribution in [2.24, 2.45) is 13.0 Å². The molecule has 0 unspecified atom stereocenters. The van der Waals surface area contributed by atoms with Crippen molar-refractivity contribution in [1.29, 1.82) is 0 Å². The minimum absolute atomic E-state index is 0.334. The Bertz CT molecular complexity index is 963. The van der Waals surface area contributed by atoms with E-state index < -0.39 is 11.2 Å². The van der Waals surface area contributed by atoms with Gasteiger partial charge in [0.15, 0.2) is 11.2 Å². The van der Waals surface area contributed by atoms with Crippen LogP contribution in [0.2, 0.25) is 0 Å². The summed E-state index contributed by atoms with van der Waals surface area (Å²) in [6.07, 6.45) is 6.34. The molecule has 0 saturated carbocycles. The average molecular weight is 345 g/mol. The van der Waals surface area contributed by atoms with Crippen LogP contribution < -0.4 is 16.6 Å². The predicted octanol–water partition coefficient (Wildman–Crippen LogP) is 0.778. The van der Waals surface area contributed by atoms with Crippen molar-refractivity contribution in [3.63, 3.8) is 0 Å². The summed E-state index contributed by atoms with van der Waals surface area (Å²) in [4.78, 5) is 35.0. The van der Waals surface area contributed by atoms with Gasteiger partial charge >= 0.3 is 5.69 Å². The van der Waals surface area contributed by atoms with Crippen LogP contribution in [0.5, 0.6) is 0 Å². The van der Waals surface area contributed by atoms with E-state index in [1.165, 1.54) is 4.57 Å². The molecule has 0 radical (unpaired) electrons. The standard InChI is InChI=1S/C16H23N7O2/c1-11(2)9-23-12-13(21(3)16(25)20-14(12)24)19-15(23)18-5-4-7-22-8-6-17-10-22/h6,8,10-11H,4-5,7,9H2,1-3H3,(H,18,19)(H,20,24,25). The highest BCUT2D eigenvalue weighted by Gasteiger charge is 2.17. The first-order valence-corrected chi connectivity index (χ1v) is 8.36. The smallest absolute Gasteiger partial charge is 0.329 e. The number of nitrogens with zero attached hydrogens (tertiary/aromatic N) is 5. The van der Waals surface area contributed by atoms with E-state index in [0.717, 1.165) is 13.0 Å². The van der Waals surface area contributed by atoms with Gasteiger partial charge < -0.3 is 14.5 Å². The summed E-state index contributed by atoms with van der Waals surface area (Å²) in [5, 5.41) is 3.29. The average Bonchev–Trinajstić information content (AvgIpc) is 3.17. The number of aromatic amines is 1. The molecule has 0 aliphatic heterocycles. The second kappa shape index (κ2) is 6.96. The Labute approximate surface area is 144 Å². The zero-order valence-corrected chi connectivity index (χ0v) is 14.7. The van der Waals surface area contributed by atoms with E-state index >= 15 is 0 Å². The first-order chi connectivity index (χ1) is 12.0. The summed E-state index contributed by atoms with van der Waals surface area (Å²) in [6, 6.07) is 0. The molecule has 0 bridgehead atoms. The third kappa shape index (κ3) is 3.49. The van der Waals surface area contributed by atoms with E-state index in [1.807, 2.05) is 15.3 Å². The third-order valence-corrected chi connectivity index (χ3v) is 3.99. The van der Waals surface area contributed by atoms with Gasteiger partial charge in [-0.25, -0.2) is 9.78 Å². The molecule has 2 N–H and O–H groups in total. The molecule has 25 heavy (non-hydrogen) atoms. The number of fused-ring (bicyclic) bond motifs is 1. The zero-order valence-electron chi connectivity index (χ0n) is 14.7. The summed E-state index contributed by atoms with van der Waals surface area (Å²) in [7, 11) is 1.61. The summed E-state index contributed by atoms with van der Waals surface area (Å²) < 4.78 is 5.23. The Morgan fingerprint density at radius 1 is 1.32 bits per heavy atom.